The van der Waals surface area contributed by atoms with Crippen molar-refractivity contribution in [1.82, 2.24) is 5.32 Å². The lowest BCUT2D eigenvalue weighted by Gasteiger charge is -2.12. The van der Waals surface area contributed by atoms with Gasteiger partial charge in [0.05, 0.1) is 20.3 Å². The number of nitrogens with zero attached hydrogens (tertiary/aromatic N) is 1. The van der Waals surface area contributed by atoms with Crippen LogP contribution in [0.3, 0.4) is 0 Å². The molecule has 3 aromatic rings. The van der Waals surface area contributed by atoms with Gasteiger partial charge in [-0.05, 0) is 43.2 Å². The molecule has 0 radical (unpaired) electrons. The van der Waals surface area contributed by atoms with Gasteiger partial charge in [-0.1, -0.05) is 23.7 Å². The average Bonchev–Trinajstić information content (AvgIpc) is 3.30. The molecule has 4 rings (SSSR count). The minimum absolute atomic E-state index is 0.0230. The molecule has 1 fully saturated rings. The Morgan fingerprint density at radius 2 is 2.03 bits per heavy atom. The highest BCUT2D eigenvalue weighted by atomic mass is 35.5. The summed E-state index contributed by atoms with van der Waals surface area (Å²) in [6, 6.07) is 12.3. The van der Waals surface area contributed by atoms with Gasteiger partial charge >= 0.3 is 0 Å². The third kappa shape index (κ3) is 4.68. The van der Waals surface area contributed by atoms with Crippen LogP contribution >= 0.6 is 11.6 Å². The predicted octanol–water partition coefficient (Wildman–Crippen LogP) is 4.24. The fourth-order valence-corrected chi connectivity index (χ4v) is 3.66. The summed E-state index contributed by atoms with van der Waals surface area (Å²) in [6.07, 6.45) is 1.95. The van der Waals surface area contributed by atoms with Crippen molar-refractivity contribution in [2.24, 2.45) is 4.99 Å². The Morgan fingerprint density at radius 1 is 1.19 bits per heavy atom. The molecule has 162 valence electrons. The summed E-state index contributed by atoms with van der Waals surface area (Å²) in [5, 5.41) is 4.14. The first-order valence-corrected chi connectivity index (χ1v) is 10.4. The summed E-state index contributed by atoms with van der Waals surface area (Å²) in [7, 11) is 3.10. The van der Waals surface area contributed by atoms with Crippen molar-refractivity contribution in [3.63, 3.8) is 0 Å². The zero-order valence-corrected chi connectivity index (χ0v) is 18.1. The second-order valence-electron chi connectivity index (χ2n) is 7.12. The number of hydrogen-bond acceptors (Lipinski definition) is 6. The topological polar surface area (TPSA) is 82.3 Å². The number of carbonyl (C=O) groups excluding carboxylic acids is 1. The largest absolute Gasteiger partial charge is 0.494 e. The van der Waals surface area contributed by atoms with Gasteiger partial charge in [-0.25, -0.2) is 4.99 Å². The molecular formula is C23H23ClN2O5. The molecule has 0 bridgehead atoms. The third-order valence-corrected chi connectivity index (χ3v) is 5.32. The zero-order chi connectivity index (χ0) is 21.8. The van der Waals surface area contributed by atoms with Gasteiger partial charge in [-0.3, -0.25) is 4.79 Å². The van der Waals surface area contributed by atoms with E-state index in [0.29, 0.717) is 39.9 Å². The molecule has 0 aliphatic carbocycles. The van der Waals surface area contributed by atoms with Crippen LogP contribution in [0.5, 0.6) is 11.5 Å². The van der Waals surface area contributed by atoms with Crippen LogP contribution in [0.2, 0.25) is 5.02 Å². The molecule has 1 amide bonds. The first-order valence-electron chi connectivity index (χ1n) is 9.98. The van der Waals surface area contributed by atoms with Gasteiger partial charge in [0.1, 0.15) is 17.0 Å². The lowest BCUT2D eigenvalue weighted by molar-refractivity contribution is 0.0854. The first-order chi connectivity index (χ1) is 15.1. The quantitative estimate of drug-likeness (QED) is 0.617. The SMILES string of the molecule is COc1ccc(Cl)cc1N=c1oc2c(OC)cccc2cc1C(=O)NC[C@H]1CCCO1. The monoisotopic (exact) mass is 442 g/mol. The molecule has 1 saturated heterocycles. The molecule has 1 aliphatic rings. The van der Waals surface area contributed by atoms with Gasteiger partial charge in [-0.15, -0.1) is 0 Å². The van der Waals surface area contributed by atoms with E-state index in [-0.39, 0.29) is 17.6 Å². The number of nitrogens with one attached hydrogen (secondary N) is 1. The Kier molecular flexibility index (Phi) is 6.44. The highest BCUT2D eigenvalue weighted by Gasteiger charge is 2.19. The Morgan fingerprint density at radius 3 is 2.77 bits per heavy atom. The number of ether oxygens (including phenoxy) is 3. The van der Waals surface area contributed by atoms with Crippen molar-refractivity contribution in [3.05, 3.63) is 58.6 Å². The predicted molar refractivity (Wildman–Crippen MR) is 117 cm³/mol. The van der Waals surface area contributed by atoms with Crippen molar-refractivity contribution in [3.8, 4) is 11.5 Å². The van der Waals surface area contributed by atoms with Gasteiger partial charge < -0.3 is 23.9 Å². The fraction of sp³-hybridized carbons (Fsp3) is 0.304. The third-order valence-electron chi connectivity index (χ3n) is 5.08. The van der Waals surface area contributed by atoms with Gasteiger partial charge in [0.2, 0.25) is 5.55 Å². The Bertz CT molecular complexity index is 1170. The van der Waals surface area contributed by atoms with Gasteiger partial charge in [-0.2, -0.15) is 0 Å². The minimum Gasteiger partial charge on any atom is -0.494 e. The summed E-state index contributed by atoms with van der Waals surface area (Å²) in [6.45, 7) is 1.15. The molecule has 8 heteroatoms. The van der Waals surface area contributed by atoms with Gasteiger partial charge in [0.15, 0.2) is 11.3 Å². The molecule has 0 spiro atoms. The molecule has 1 N–H and O–H groups in total. The average molecular weight is 443 g/mol. The van der Waals surface area contributed by atoms with E-state index >= 15 is 0 Å². The van der Waals surface area contributed by atoms with Crippen molar-refractivity contribution < 1.29 is 23.4 Å². The Hall–Kier alpha value is -3.03. The van der Waals surface area contributed by atoms with E-state index in [4.69, 9.17) is 30.2 Å². The van der Waals surface area contributed by atoms with Gasteiger partial charge in [0, 0.05) is 23.6 Å². The van der Waals surface area contributed by atoms with Crippen LogP contribution in [0.4, 0.5) is 5.69 Å². The number of methoxy groups -OCH3 is 2. The van der Waals surface area contributed by atoms with Crippen molar-refractivity contribution in [1.29, 1.82) is 0 Å². The molecule has 31 heavy (non-hydrogen) atoms. The maximum Gasteiger partial charge on any atom is 0.256 e. The lowest BCUT2D eigenvalue weighted by Crippen LogP contribution is -2.34. The van der Waals surface area contributed by atoms with E-state index in [2.05, 4.69) is 10.3 Å². The van der Waals surface area contributed by atoms with E-state index in [1.165, 1.54) is 7.11 Å². The van der Waals surface area contributed by atoms with Crippen LogP contribution in [0, 0.1) is 0 Å². The summed E-state index contributed by atoms with van der Waals surface area (Å²) >= 11 is 6.15. The number of amides is 1. The second-order valence-corrected chi connectivity index (χ2v) is 7.55. The number of hydrogen-bond donors (Lipinski definition) is 1. The lowest BCUT2D eigenvalue weighted by atomic mass is 10.1. The van der Waals surface area contributed by atoms with Crippen LogP contribution < -0.4 is 20.3 Å². The normalized spacial score (nSPS) is 16.5. The molecule has 1 aromatic heterocycles. The summed E-state index contributed by atoms with van der Waals surface area (Å²) in [5.74, 6) is 0.743. The maximum absolute atomic E-state index is 13.1. The van der Waals surface area contributed by atoms with E-state index in [1.54, 1.807) is 37.4 Å². The van der Waals surface area contributed by atoms with E-state index in [1.807, 2.05) is 12.1 Å². The molecule has 1 aliphatic heterocycles. The van der Waals surface area contributed by atoms with E-state index < -0.39 is 0 Å². The minimum atomic E-state index is -0.302. The molecule has 0 unspecified atom stereocenters. The van der Waals surface area contributed by atoms with Crippen molar-refractivity contribution in [2.45, 2.75) is 18.9 Å². The molecule has 2 aromatic carbocycles. The Balaban J connectivity index is 1.83. The number of para-hydroxylation sites is 1. The maximum atomic E-state index is 13.1. The summed E-state index contributed by atoms with van der Waals surface area (Å²) in [5.41, 5.74) is 1.35. The van der Waals surface area contributed by atoms with Crippen LogP contribution in [0.1, 0.15) is 23.2 Å². The fourth-order valence-electron chi connectivity index (χ4n) is 3.50. The number of fused-ring (bicyclic) bond motifs is 1. The highest BCUT2D eigenvalue weighted by molar-refractivity contribution is 6.30. The Labute approximate surface area is 184 Å². The number of benzene rings is 2. The van der Waals surface area contributed by atoms with Crippen LogP contribution in [-0.4, -0.2) is 39.4 Å². The van der Waals surface area contributed by atoms with Crippen LogP contribution in [0.15, 0.2) is 51.9 Å². The van der Waals surface area contributed by atoms with Crippen molar-refractivity contribution >= 4 is 34.2 Å². The van der Waals surface area contributed by atoms with E-state index in [9.17, 15) is 4.79 Å². The molecular weight excluding hydrogens is 420 g/mol. The zero-order valence-electron chi connectivity index (χ0n) is 17.3. The van der Waals surface area contributed by atoms with Gasteiger partial charge in [0.25, 0.3) is 5.91 Å². The summed E-state index contributed by atoms with van der Waals surface area (Å²) in [4.78, 5) is 17.6. The van der Waals surface area contributed by atoms with Crippen molar-refractivity contribution in [2.75, 3.05) is 27.4 Å². The molecule has 2 heterocycles. The van der Waals surface area contributed by atoms with E-state index in [0.717, 1.165) is 24.8 Å². The standard InChI is InChI=1S/C23H23ClN2O5/c1-28-19-9-8-15(24)12-18(19)26-23-17(22(27)25-13-16-6-4-10-30-16)11-14-5-3-7-20(29-2)21(14)31-23/h3,5,7-9,11-12,16H,4,6,10,13H2,1-2H3,(H,25,27)/t16-/m1/s1. The number of carbonyl (C=O) groups is 1. The number of halogens is 1. The number of rotatable bonds is 6. The van der Waals surface area contributed by atoms with Crippen LogP contribution in [-0.2, 0) is 4.74 Å². The van der Waals surface area contributed by atoms with Crippen LogP contribution in [0.25, 0.3) is 11.0 Å². The molecule has 7 nitrogen and oxygen atoms in total. The molecule has 1 atom stereocenters. The second kappa shape index (κ2) is 9.41. The molecule has 0 saturated carbocycles. The summed E-state index contributed by atoms with van der Waals surface area (Å²) < 4.78 is 22.5. The highest BCUT2D eigenvalue weighted by Crippen LogP contribution is 2.30. The smallest absolute Gasteiger partial charge is 0.256 e. The first kappa shape index (κ1) is 21.2.